The highest BCUT2D eigenvalue weighted by Gasteiger charge is 2.25. The molecule has 0 fully saturated rings. The van der Waals surface area contributed by atoms with Crippen LogP contribution in [-0.4, -0.2) is 44.5 Å². The summed E-state index contributed by atoms with van der Waals surface area (Å²) < 4.78 is 30.0. The molecular weight excluding hydrogens is 432 g/mol. The molecule has 0 radical (unpaired) electrons. The standard InChI is InChI=1S/C22H21F2N7O2/c1-12(32)19-8-18(29-31(19)10-13-4-2-3-5-15(13)23)21-27-9-16(24)22(28-21)30-7-6-14(20(26)33)17(25)11-30/h2-5,8-9H,6-7,10-11,25H2,1H3,(H2,26,33). The van der Waals surface area contributed by atoms with Crippen molar-refractivity contribution in [3.63, 3.8) is 0 Å². The SMILES string of the molecule is CC(=O)c1cc(-c2ncc(F)c(N3CCC(C(N)=O)=C(N)C3)n2)nn1Cc1ccccc1F. The smallest absolute Gasteiger partial charge is 0.246 e. The monoisotopic (exact) mass is 453 g/mol. The number of nitrogens with zero attached hydrogens (tertiary/aromatic N) is 5. The summed E-state index contributed by atoms with van der Waals surface area (Å²) in [6.45, 7) is 1.76. The average Bonchev–Trinajstić information content (AvgIpc) is 3.19. The van der Waals surface area contributed by atoms with Crippen LogP contribution in [0.3, 0.4) is 0 Å². The third-order valence-corrected chi connectivity index (χ3v) is 5.35. The molecule has 1 aromatic carbocycles. The van der Waals surface area contributed by atoms with E-state index in [2.05, 4.69) is 15.1 Å². The van der Waals surface area contributed by atoms with Crippen molar-refractivity contribution in [1.82, 2.24) is 19.7 Å². The van der Waals surface area contributed by atoms with Crippen LogP contribution in [0.25, 0.3) is 11.5 Å². The molecule has 1 amide bonds. The molecule has 33 heavy (non-hydrogen) atoms. The number of Topliss-reactive ketones (excluding diaryl/α,β-unsaturated/α-hetero) is 1. The number of halogens is 2. The number of nitrogens with two attached hydrogens (primary N) is 2. The summed E-state index contributed by atoms with van der Waals surface area (Å²) in [4.78, 5) is 33.5. The number of carbonyl (C=O) groups excluding carboxylic acids is 2. The van der Waals surface area contributed by atoms with E-state index >= 15 is 0 Å². The number of anilines is 1. The number of carbonyl (C=O) groups is 2. The zero-order valence-electron chi connectivity index (χ0n) is 17.8. The van der Waals surface area contributed by atoms with Crippen LogP contribution in [0.5, 0.6) is 0 Å². The van der Waals surface area contributed by atoms with Gasteiger partial charge in [0, 0.05) is 30.3 Å². The zero-order chi connectivity index (χ0) is 23.7. The summed E-state index contributed by atoms with van der Waals surface area (Å²) >= 11 is 0. The highest BCUT2D eigenvalue weighted by molar-refractivity contribution is 5.93. The maximum absolute atomic E-state index is 14.6. The molecule has 3 heterocycles. The number of aromatic nitrogens is 4. The maximum atomic E-state index is 14.6. The van der Waals surface area contributed by atoms with Gasteiger partial charge in [-0.15, -0.1) is 0 Å². The number of primary amides is 1. The first-order valence-corrected chi connectivity index (χ1v) is 10.1. The van der Waals surface area contributed by atoms with E-state index < -0.39 is 17.5 Å². The van der Waals surface area contributed by atoms with E-state index in [1.54, 1.807) is 23.1 Å². The highest BCUT2D eigenvalue weighted by Crippen LogP contribution is 2.25. The van der Waals surface area contributed by atoms with Gasteiger partial charge in [0.15, 0.2) is 23.2 Å². The van der Waals surface area contributed by atoms with E-state index in [9.17, 15) is 18.4 Å². The van der Waals surface area contributed by atoms with Gasteiger partial charge in [-0.2, -0.15) is 5.10 Å². The largest absolute Gasteiger partial charge is 0.400 e. The molecule has 0 bridgehead atoms. The van der Waals surface area contributed by atoms with E-state index in [1.165, 1.54) is 23.7 Å². The summed E-state index contributed by atoms with van der Waals surface area (Å²) in [6.07, 6.45) is 1.26. The molecule has 11 heteroatoms. The van der Waals surface area contributed by atoms with Gasteiger partial charge < -0.3 is 16.4 Å². The van der Waals surface area contributed by atoms with E-state index in [0.29, 0.717) is 11.1 Å². The van der Waals surface area contributed by atoms with Gasteiger partial charge in [-0.25, -0.2) is 18.7 Å². The molecule has 4 rings (SSSR count). The Bertz CT molecular complexity index is 1290. The number of benzene rings is 1. The summed E-state index contributed by atoms with van der Waals surface area (Å²) in [5.74, 6) is -1.90. The van der Waals surface area contributed by atoms with E-state index in [0.717, 1.165) is 6.20 Å². The molecule has 2 aromatic heterocycles. The van der Waals surface area contributed by atoms with Crippen molar-refractivity contribution >= 4 is 17.5 Å². The fraction of sp³-hybridized carbons (Fsp3) is 0.227. The van der Waals surface area contributed by atoms with E-state index in [1.807, 2.05) is 0 Å². The third-order valence-electron chi connectivity index (χ3n) is 5.35. The maximum Gasteiger partial charge on any atom is 0.246 e. The zero-order valence-corrected chi connectivity index (χ0v) is 17.8. The van der Waals surface area contributed by atoms with Crippen molar-refractivity contribution in [2.45, 2.75) is 19.9 Å². The van der Waals surface area contributed by atoms with Gasteiger partial charge in [0.2, 0.25) is 5.91 Å². The molecule has 0 atom stereocenters. The van der Waals surface area contributed by atoms with Gasteiger partial charge in [-0.1, -0.05) is 18.2 Å². The Labute approximate surface area is 187 Å². The molecule has 0 saturated carbocycles. The fourth-order valence-corrected chi connectivity index (χ4v) is 3.67. The lowest BCUT2D eigenvalue weighted by molar-refractivity contribution is -0.114. The van der Waals surface area contributed by atoms with Crippen molar-refractivity contribution in [1.29, 1.82) is 0 Å². The second-order valence-corrected chi connectivity index (χ2v) is 7.62. The lowest BCUT2D eigenvalue weighted by Crippen LogP contribution is -2.38. The topological polar surface area (TPSA) is 133 Å². The number of amides is 1. The number of hydrogen-bond donors (Lipinski definition) is 2. The molecule has 4 N–H and O–H groups in total. The van der Waals surface area contributed by atoms with Crippen LogP contribution >= 0.6 is 0 Å². The summed E-state index contributed by atoms with van der Waals surface area (Å²) in [7, 11) is 0. The van der Waals surface area contributed by atoms with Crippen LogP contribution in [-0.2, 0) is 11.3 Å². The van der Waals surface area contributed by atoms with Crippen LogP contribution < -0.4 is 16.4 Å². The second kappa shape index (κ2) is 8.77. The molecule has 1 aliphatic heterocycles. The predicted molar refractivity (Wildman–Crippen MR) is 116 cm³/mol. The summed E-state index contributed by atoms with van der Waals surface area (Å²) in [6, 6.07) is 7.67. The molecule has 0 saturated heterocycles. The molecule has 1 aliphatic rings. The predicted octanol–water partition coefficient (Wildman–Crippen LogP) is 1.78. The number of ketones is 1. The van der Waals surface area contributed by atoms with Crippen LogP contribution in [0.4, 0.5) is 14.6 Å². The average molecular weight is 453 g/mol. The van der Waals surface area contributed by atoms with Crippen LogP contribution in [0.15, 0.2) is 47.8 Å². The molecule has 0 aliphatic carbocycles. The lowest BCUT2D eigenvalue weighted by Gasteiger charge is -2.29. The first-order valence-electron chi connectivity index (χ1n) is 10.1. The number of rotatable bonds is 6. The van der Waals surface area contributed by atoms with Crippen LogP contribution in [0.1, 0.15) is 29.4 Å². The van der Waals surface area contributed by atoms with Gasteiger partial charge in [0.1, 0.15) is 17.2 Å². The summed E-state index contributed by atoms with van der Waals surface area (Å²) in [5, 5.41) is 4.37. The molecular formula is C22H21F2N7O2. The normalized spacial score (nSPS) is 14.0. The molecule has 0 unspecified atom stereocenters. The minimum atomic E-state index is -0.674. The Balaban J connectivity index is 1.68. The Morgan fingerprint density at radius 2 is 1.94 bits per heavy atom. The van der Waals surface area contributed by atoms with Gasteiger partial charge in [0.05, 0.1) is 19.3 Å². The first kappa shape index (κ1) is 22.1. The van der Waals surface area contributed by atoms with Gasteiger partial charge in [-0.3, -0.25) is 14.3 Å². The van der Waals surface area contributed by atoms with Crippen molar-refractivity contribution < 1.29 is 18.4 Å². The third kappa shape index (κ3) is 4.43. The Hall–Kier alpha value is -4.15. The van der Waals surface area contributed by atoms with Crippen molar-refractivity contribution in [2.24, 2.45) is 11.5 Å². The number of hydrogen-bond acceptors (Lipinski definition) is 7. The van der Waals surface area contributed by atoms with Gasteiger partial charge in [0.25, 0.3) is 0 Å². The van der Waals surface area contributed by atoms with Gasteiger partial charge in [-0.05, 0) is 18.6 Å². The summed E-state index contributed by atoms with van der Waals surface area (Å²) in [5.41, 5.74) is 12.7. The van der Waals surface area contributed by atoms with Crippen LogP contribution in [0, 0.1) is 11.6 Å². The Kier molecular flexibility index (Phi) is 5.86. The molecule has 3 aromatic rings. The van der Waals surface area contributed by atoms with Crippen molar-refractivity contribution in [3.05, 3.63) is 70.7 Å². The Morgan fingerprint density at radius 3 is 2.61 bits per heavy atom. The quantitative estimate of drug-likeness (QED) is 0.544. The van der Waals surface area contributed by atoms with Crippen LogP contribution in [0.2, 0.25) is 0 Å². The minimum absolute atomic E-state index is 0.0144. The fourth-order valence-electron chi connectivity index (χ4n) is 3.67. The molecule has 170 valence electrons. The highest BCUT2D eigenvalue weighted by atomic mass is 19.1. The van der Waals surface area contributed by atoms with E-state index in [4.69, 9.17) is 11.5 Å². The van der Waals surface area contributed by atoms with Crippen molar-refractivity contribution in [3.8, 4) is 11.5 Å². The second-order valence-electron chi connectivity index (χ2n) is 7.62. The minimum Gasteiger partial charge on any atom is -0.400 e. The van der Waals surface area contributed by atoms with E-state index in [-0.39, 0.29) is 60.6 Å². The lowest BCUT2D eigenvalue weighted by atomic mass is 10.1. The van der Waals surface area contributed by atoms with Gasteiger partial charge >= 0.3 is 0 Å². The van der Waals surface area contributed by atoms with Crippen molar-refractivity contribution in [2.75, 3.05) is 18.0 Å². The molecule has 9 nitrogen and oxygen atoms in total. The molecule has 0 spiro atoms. The Morgan fingerprint density at radius 1 is 1.18 bits per heavy atom. The first-order chi connectivity index (χ1) is 15.7.